The number of hydrogen-bond donors (Lipinski definition) is 2. The topological polar surface area (TPSA) is 94.9 Å². The smallest absolute Gasteiger partial charge is 0.337 e. The van der Waals surface area contributed by atoms with E-state index in [0.29, 0.717) is 0 Å². The predicted octanol–water partition coefficient (Wildman–Crippen LogP) is 1.43. The second-order valence-electron chi connectivity index (χ2n) is 4.89. The maximum atomic E-state index is 12.4. The van der Waals surface area contributed by atoms with Gasteiger partial charge in [-0.3, -0.25) is 0 Å². The van der Waals surface area contributed by atoms with Crippen LogP contribution < -0.4 is 0 Å². The highest BCUT2D eigenvalue weighted by atomic mass is 35.5. The highest BCUT2D eigenvalue weighted by Crippen LogP contribution is 2.26. The van der Waals surface area contributed by atoms with Crippen molar-refractivity contribution in [2.24, 2.45) is 0 Å². The molecule has 0 aromatic heterocycles. The Morgan fingerprint density at radius 1 is 1.40 bits per heavy atom. The molecular formula is C12H16ClNO5S. The molecule has 2 N–H and O–H groups in total. The normalized spacial score (nSPS) is 12.7. The van der Waals surface area contributed by atoms with Gasteiger partial charge in [0.1, 0.15) is 0 Å². The Labute approximate surface area is 122 Å². The molecule has 0 fully saturated rings. The summed E-state index contributed by atoms with van der Waals surface area (Å²) in [5, 5.41) is 18.2. The summed E-state index contributed by atoms with van der Waals surface area (Å²) in [5.74, 6) is -1.31. The number of halogens is 1. The molecule has 0 spiro atoms. The lowest BCUT2D eigenvalue weighted by Gasteiger charge is -2.32. The fourth-order valence-electron chi connectivity index (χ4n) is 1.41. The van der Waals surface area contributed by atoms with Gasteiger partial charge in [-0.2, -0.15) is 4.31 Å². The summed E-state index contributed by atoms with van der Waals surface area (Å²) in [7, 11) is -2.61. The molecule has 0 aliphatic rings. The Kier molecular flexibility index (Phi) is 4.81. The second kappa shape index (κ2) is 5.69. The van der Waals surface area contributed by atoms with Crippen molar-refractivity contribution in [3.63, 3.8) is 0 Å². The van der Waals surface area contributed by atoms with Crippen LogP contribution in [0, 0.1) is 0 Å². The highest BCUT2D eigenvalue weighted by Gasteiger charge is 2.34. The third-order valence-electron chi connectivity index (χ3n) is 3.07. The van der Waals surface area contributed by atoms with Crippen LogP contribution in [0.1, 0.15) is 24.2 Å². The zero-order valence-electron chi connectivity index (χ0n) is 11.3. The molecule has 0 unspecified atom stereocenters. The van der Waals surface area contributed by atoms with Gasteiger partial charge < -0.3 is 10.2 Å². The lowest BCUT2D eigenvalue weighted by Crippen LogP contribution is -2.47. The van der Waals surface area contributed by atoms with Crippen molar-refractivity contribution in [3.8, 4) is 0 Å². The number of rotatable bonds is 5. The fourth-order valence-corrected chi connectivity index (χ4v) is 3.14. The molecule has 8 heteroatoms. The Morgan fingerprint density at radius 3 is 2.40 bits per heavy atom. The van der Waals surface area contributed by atoms with Crippen LogP contribution in [0.4, 0.5) is 0 Å². The van der Waals surface area contributed by atoms with E-state index >= 15 is 0 Å². The molecule has 0 bridgehead atoms. The number of aliphatic hydroxyl groups is 1. The van der Waals surface area contributed by atoms with E-state index in [2.05, 4.69) is 0 Å². The molecule has 0 saturated heterocycles. The maximum absolute atomic E-state index is 12.4. The van der Waals surface area contributed by atoms with Gasteiger partial charge in [0.2, 0.25) is 10.0 Å². The van der Waals surface area contributed by atoms with Crippen molar-refractivity contribution in [1.82, 2.24) is 4.31 Å². The van der Waals surface area contributed by atoms with Crippen LogP contribution >= 0.6 is 11.6 Å². The molecule has 112 valence electrons. The van der Waals surface area contributed by atoms with Crippen LogP contribution in [0.25, 0.3) is 0 Å². The summed E-state index contributed by atoms with van der Waals surface area (Å²) in [6.45, 7) is 2.74. The van der Waals surface area contributed by atoms with Gasteiger partial charge in [-0.25, -0.2) is 13.2 Å². The summed E-state index contributed by atoms with van der Waals surface area (Å²) >= 11 is 5.71. The van der Waals surface area contributed by atoms with Crippen LogP contribution in [0.15, 0.2) is 23.1 Å². The zero-order chi connectivity index (χ0) is 15.7. The van der Waals surface area contributed by atoms with E-state index < -0.39 is 21.5 Å². The van der Waals surface area contributed by atoms with Gasteiger partial charge in [-0.05, 0) is 32.0 Å². The summed E-state index contributed by atoms with van der Waals surface area (Å²) in [6, 6.07) is 3.45. The predicted molar refractivity (Wildman–Crippen MR) is 74.5 cm³/mol. The van der Waals surface area contributed by atoms with Crippen molar-refractivity contribution in [3.05, 3.63) is 28.8 Å². The molecule has 20 heavy (non-hydrogen) atoms. The van der Waals surface area contributed by atoms with Crippen LogP contribution in [0.3, 0.4) is 0 Å². The van der Waals surface area contributed by atoms with E-state index in [1.54, 1.807) is 13.8 Å². The quantitative estimate of drug-likeness (QED) is 0.855. The lowest BCUT2D eigenvalue weighted by molar-refractivity contribution is 0.0697. The van der Waals surface area contributed by atoms with Gasteiger partial charge in [-0.15, -0.1) is 0 Å². The van der Waals surface area contributed by atoms with E-state index in [1.165, 1.54) is 19.2 Å². The first-order chi connectivity index (χ1) is 9.04. The first-order valence-electron chi connectivity index (χ1n) is 5.67. The third-order valence-corrected chi connectivity index (χ3v) is 5.46. The zero-order valence-corrected chi connectivity index (χ0v) is 12.9. The highest BCUT2D eigenvalue weighted by molar-refractivity contribution is 7.89. The average Bonchev–Trinajstić information content (AvgIpc) is 2.37. The number of carboxylic acids is 1. The fraction of sp³-hybridized carbons (Fsp3) is 0.417. The summed E-state index contributed by atoms with van der Waals surface area (Å²) in [4.78, 5) is 10.8. The van der Waals surface area contributed by atoms with Gasteiger partial charge >= 0.3 is 5.97 Å². The van der Waals surface area contributed by atoms with Crippen molar-refractivity contribution in [2.45, 2.75) is 24.3 Å². The minimum atomic E-state index is -3.93. The lowest BCUT2D eigenvalue weighted by atomic mass is 10.1. The summed E-state index contributed by atoms with van der Waals surface area (Å²) in [5.41, 5.74) is -1.30. The van der Waals surface area contributed by atoms with Crippen molar-refractivity contribution >= 4 is 27.6 Å². The molecule has 6 nitrogen and oxygen atoms in total. The van der Waals surface area contributed by atoms with E-state index in [4.69, 9.17) is 16.7 Å². The maximum Gasteiger partial charge on any atom is 0.337 e. The summed E-state index contributed by atoms with van der Waals surface area (Å²) in [6.07, 6.45) is 0. The molecule has 0 amide bonds. The van der Waals surface area contributed by atoms with E-state index in [0.717, 1.165) is 10.4 Å². The van der Waals surface area contributed by atoms with Crippen LogP contribution in [-0.2, 0) is 10.0 Å². The molecule has 1 rings (SSSR count). The number of carboxylic acid groups (broad SMARTS) is 1. The van der Waals surface area contributed by atoms with E-state index in [1.807, 2.05) is 0 Å². The SMILES string of the molecule is CN(C(C)(C)CO)S(=O)(=O)c1ccc(Cl)c(C(=O)O)c1. The molecule has 0 heterocycles. The number of nitrogens with zero attached hydrogens (tertiary/aromatic N) is 1. The van der Waals surface area contributed by atoms with Gasteiger partial charge in [0, 0.05) is 7.05 Å². The minimum Gasteiger partial charge on any atom is -0.478 e. The Hall–Kier alpha value is -1.15. The number of aromatic carboxylic acids is 1. The Balaban J connectivity index is 3.37. The molecule has 0 aliphatic carbocycles. The summed E-state index contributed by atoms with van der Waals surface area (Å²) < 4.78 is 25.8. The van der Waals surface area contributed by atoms with Crippen molar-refractivity contribution in [2.75, 3.05) is 13.7 Å². The van der Waals surface area contributed by atoms with Gasteiger partial charge in [0.25, 0.3) is 0 Å². The second-order valence-corrected chi connectivity index (χ2v) is 7.27. The van der Waals surface area contributed by atoms with Crippen molar-refractivity contribution < 1.29 is 23.4 Å². The number of likely N-dealkylation sites (N-methyl/N-ethyl adjacent to an activating group) is 1. The Bertz CT molecular complexity index is 627. The number of carbonyl (C=O) groups is 1. The molecule has 0 radical (unpaired) electrons. The molecule has 1 aromatic rings. The van der Waals surface area contributed by atoms with Gasteiger partial charge in [0.05, 0.1) is 27.6 Å². The van der Waals surface area contributed by atoms with Gasteiger partial charge in [0.15, 0.2) is 0 Å². The standard InChI is InChI=1S/C12H16ClNO5S/c1-12(2,7-15)14(3)20(18,19)8-4-5-10(13)9(6-8)11(16)17/h4-6,15H,7H2,1-3H3,(H,16,17). The molecule has 0 atom stereocenters. The molecular weight excluding hydrogens is 306 g/mol. The first-order valence-corrected chi connectivity index (χ1v) is 7.48. The molecule has 0 saturated carbocycles. The van der Waals surface area contributed by atoms with E-state index in [-0.39, 0.29) is 22.1 Å². The first kappa shape index (κ1) is 16.9. The number of aliphatic hydroxyl groups excluding tert-OH is 1. The monoisotopic (exact) mass is 321 g/mol. The van der Waals surface area contributed by atoms with Crippen LogP contribution in [-0.4, -0.2) is 48.1 Å². The number of benzene rings is 1. The van der Waals surface area contributed by atoms with E-state index in [9.17, 15) is 18.3 Å². The number of hydrogen-bond acceptors (Lipinski definition) is 4. The minimum absolute atomic E-state index is 0.0412. The van der Waals surface area contributed by atoms with Gasteiger partial charge in [-0.1, -0.05) is 11.6 Å². The third kappa shape index (κ3) is 3.12. The largest absolute Gasteiger partial charge is 0.478 e. The Morgan fingerprint density at radius 2 is 1.95 bits per heavy atom. The average molecular weight is 322 g/mol. The molecule has 0 aliphatic heterocycles. The van der Waals surface area contributed by atoms with Crippen LogP contribution in [0.2, 0.25) is 5.02 Å². The van der Waals surface area contributed by atoms with Crippen molar-refractivity contribution in [1.29, 1.82) is 0 Å². The van der Waals surface area contributed by atoms with Crippen LogP contribution in [0.5, 0.6) is 0 Å². The molecule has 1 aromatic carbocycles. The number of sulfonamides is 1.